The van der Waals surface area contributed by atoms with E-state index in [9.17, 15) is 0 Å². The standard InChI is InChI=1S/C23H47Cl3O3Si/c1-27-18-17-22-29-21-15-11-7-6-10-14-20-28-19-13-9-5-3-2-4-8-12-16-23-30(24,25)26/h2-23H2,1H3. The van der Waals surface area contributed by atoms with E-state index in [4.69, 9.17) is 47.4 Å². The molecule has 0 aliphatic carbocycles. The zero-order valence-corrected chi connectivity index (χ0v) is 22.7. The van der Waals surface area contributed by atoms with Gasteiger partial charge in [-0.15, -0.1) is 33.2 Å². The molecule has 0 aromatic carbocycles. The van der Waals surface area contributed by atoms with Crippen molar-refractivity contribution >= 4 is 39.2 Å². The van der Waals surface area contributed by atoms with Crippen LogP contribution < -0.4 is 0 Å². The predicted molar refractivity (Wildman–Crippen MR) is 136 cm³/mol. The maximum atomic E-state index is 5.89. The molecule has 0 radical (unpaired) electrons. The van der Waals surface area contributed by atoms with Crippen molar-refractivity contribution < 1.29 is 14.2 Å². The Labute approximate surface area is 202 Å². The van der Waals surface area contributed by atoms with Gasteiger partial charge in [-0.1, -0.05) is 77.0 Å². The molecule has 0 saturated heterocycles. The first-order valence-electron chi connectivity index (χ1n) is 12.3. The maximum Gasteiger partial charge on any atom is 0.341 e. The van der Waals surface area contributed by atoms with Gasteiger partial charge in [-0.25, -0.2) is 0 Å². The van der Waals surface area contributed by atoms with Crippen LogP contribution in [0, 0.1) is 0 Å². The Kier molecular flexibility index (Phi) is 25.4. The summed E-state index contributed by atoms with van der Waals surface area (Å²) < 4.78 is 16.3. The summed E-state index contributed by atoms with van der Waals surface area (Å²) in [5.74, 6) is 0. The summed E-state index contributed by atoms with van der Waals surface area (Å²) in [5.41, 5.74) is 0. The molecule has 0 aliphatic heterocycles. The van der Waals surface area contributed by atoms with Gasteiger partial charge in [0.05, 0.1) is 0 Å². The highest BCUT2D eigenvalue weighted by Crippen LogP contribution is 2.27. The second-order valence-corrected chi connectivity index (χ2v) is 17.5. The van der Waals surface area contributed by atoms with E-state index in [1.54, 1.807) is 7.11 Å². The molecule has 3 nitrogen and oxygen atoms in total. The van der Waals surface area contributed by atoms with Crippen LogP contribution in [0.1, 0.15) is 103 Å². The first kappa shape index (κ1) is 31.0. The summed E-state index contributed by atoms with van der Waals surface area (Å²) >= 11 is 17.7. The van der Waals surface area contributed by atoms with Crippen molar-refractivity contribution in [2.24, 2.45) is 0 Å². The smallest absolute Gasteiger partial charge is 0.341 e. The van der Waals surface area contributed by atoms with Gasteiger partial charge in [-0.3, -0.25) is 0 Å². The lowest BCUT2D eigenvalue weighted by Crippen LogP contribution is -2.07. The number of unbranched alkanes of at least 4 members (excludes halogenated alkanes) is 13. The molecule has 0 rings (SSSR count). The average Bonchev–Trinajstić information content (AvgIpc) is 2.70. The van der Waals surface area contributed by atoms with Gasteiger partial charge < -0.3 is 14.2 Å². The van der Waals surface area contributed by atoms with Crippen LogP contribution >= 0.6 is 33.2 Å². The van der Waals surface area contributed by atoms with E-state index in [1.165, 1.54) is 89.9 Å². The van der Waals surface area contributed by atoms with Gasteiger partial charge in [0.1, 0.15) is 0 Å². The zero-order valence-electron chi connectivity index (χ0n) is 19.4. The third kappa shape index (κ3) is 29.0. The summed E-state index contributed by atoms with van der Waals surface area (Å²) in [4.78, 5) is 0. The van der Waals surface area contributed by atoms with Crippen molar-refractivity contribution in [3.63, 3.8) is 0 Å². The second kappa shape index (κ2) is 24.6. The molecule has 30 heavy (non-hydrogen) atoms. The minimum atomic E-state index is -2.38. The molecule has 0 aromatic heterocycles. The number of hydrogen-bond acceptors (Lipinski definition) is 3. The van der Waals surface area contributed by atoms with Crippen LogP contribution in [-0.4, -0.2) is 46.1 Å². The molecule has 182 valence electrons. The number of methoxy groups -OCH3 is 1. The lowest BCUT2D eigenvalue weighted by molar-refractivity contribution is 0.0999. The Morgan fingerprint density at radius 3 is 1.13 bits per heavy atom. The van der Waals surface area contributed by atoms with Crippen molar-refractivity contribution in [1.82, 2.24) is 0 Å². The molecule has 0 N–H and O–H groups in total. The SMILES string of the molecule is COCCCOCCCCCCCCOCCCCCCCCCCC[Si](Cl)(Cl)Cl. The lowest BCUT2D eigenvalue weighted by atomic mass is 10.1. The minimum Gasteiger partial charge on any atom is -0.385 e. The second-order valence-electron chi connectivity index (χ2n) is 8.24. The van der Waals surface area contributed by atoms with Crippen molar-refractivity contribution in [3.8, 4) is 0 Å². The number of hydrogen-bond donors (Lipinski definition) is 0. The Balaban J connectivity index is 3.02. The van der Waals surface area contributed by atoms with Gasteiger partial charge in [-0.2, -0.15) is 0 Å². The fraction of sp³-hybridized carbons (Fsp3) is 1.00. The van der Waals surface area contributed by atoms with E-state index in [0.29, 0.717) is 0 Å². The third-order valence-corrected chi connectivity index (χ3v) is 7.83. The molecular weight excluding hydrogens is 459 g/mol. The normalized spacial score (nSPS) is 12.0. The van der Waals surface area contributed by atoms with Gasteiger partial charge in [0.2, 0.25) is 0 Å². The maximum absolute atomic E-state index is 5.89. The van der Waals surface area contributed by atoms with E-state index in [0.717, 1.165) is 51.9 Å². The Morgan fingerprint density at radius 1 is 0.433 bits per heavy atom. The average molecular weight is 506 g/mol. The molecule has 0 spiro atoms. The molecule has 7 heteroatoms. The van der Waals surface area contributed by atoms with E-state index in [2.05, 4.69) is 0 Å². The summed E-state index contributed by atoms with van der Waals surface area (Å²) in [5, 5.41) is 0. The summed E-state index contributed by atoms with van der Waals surface area (Å²) in [6, 6.07) is -1.57. The zero-order chi connectivity index (χ0) is 22.2. The van der Waals surface area contributed by atoms with Gasteiger partial charge in [-0.05, 0) is 31.7 Å². The summed E-state index contributed by atoms with van der Waals surface area (Å²) in [6.45, 7) is 4.38. The number of halogens is 3. The van der Waals surface area contributed by atoms with Crippen LogP contribution in [0.2, 0.25) is 6.04 Å². The van der Waals surface area contributed by atoms with Crippen LogP contribution in [-0.2, 0) is 14.2 Å². The highest BCUT2D eigenvalue weighted by Gasteiger charge is 2.23. The molecule has 0 fully saturated rings. The molecule has 0 bridgehead atoms. The van der Waals surface area contributed by atoms with Crippen LogP contribution in [0.4, 0.5) is 0 Å². The van der Waals surface area contributed by atoms with Crippen molar-refractivity contribution in [2.75, 3.05) is 40.1 Å². The highest BCUT2D eigenvalue weighted by molar-refractivity contribution is 7.64. The van der Waals surface area contributed by atoms with Crippen LogP contribution in [0.25, 0.3) is 0 Å². The molecule has 0 amide bonds. The predicted octanol–water partition coefficient (Wildman–Crippen LogP) is 8.56. The number of ether oxygens (including phenoxy) is 3. The molecule has 0 heterocycles. The van der Waals surface area contributed by atoms with E-state index in [1.807, 2.05) is 0 Å². The molecule has 0 saturated carbocycles. The van der Waals surface area contributed by atoms with Gasteiger partial charge in [0, 0.05) is 40.1 Å². The Morgan fingerprint density at radius 2 is 0.767 bits per heavy atom. The first-order chi connectivity index (χ1) is 14.6. The van der Waals surface area contributed by atoms with E-state index in [-0.39, 0.29) is 0 Å². The Bertz CT molecular complexity index is 331. The van der Waals surface area contributed by atoms with Gasteiger partial charge in [0.25, 0.3) is 0 Å². The quantitative estimate of drug-likeness (QED) is 0.0706. The van der Waals surface area contributed by atoms with Crippen molar-refractivity contribution in [2.45, 2.75) is 109 Å². The molecular formula is C23H47Cl3O3Si. The van der Waals surface area contributed by atoms with Crippen molar-refractivity contribution in [1.29, 1.82) is 0 Å². The fourth-order valence-electron chi connectivity index (χ4n) is 3.39. The summed E-state index contributed by atoms with van der Waals surface area (Å²) in [6.07, 6.45) is 20.0. The largest absolute Gasteiger partial charge is 0.385 e. The molecule has 0 atom stereocenters. The highest BCUT2D eigenvalue weighted by atomic mass is 35.8. The number of rotatable bonds is 25. The molecule has 0 aromatic rings. The molecule has 0 aliphatic rings. The van der Waals surface area contributed by atoms with Crippen LogP contribution in [0.3, 0.4) is 0 Å². The summed E-state index contributed by atoms with van der Waals surface area (Å²) in [7, 11) is 1.73. The van der Waals surface area contributed by atoms with Crippen LogP contribution in [0.15, 0.2) is 0 Å². The van der Waals surface area contributed by atoms with Gasteiger partial charge >= 0.3 is 6.00 Å². The first-order valence-corrected chi connectivity index (χ1v) is 17.5. The van der Waals surface area contributed by atoms with Crippen molar-refractivity contribution in [3.05, 3.63) is 0 Å². The van der Waals surface area contributed by atoms with E-state index < -0.39 is 6.00 Å². The monoisotopic (exact) mass is 504 g/mol. The molecule has 0 unspecified atom stereocenters. The fourth-order valence-corrected chi connectivity index (χ4v) is 5.25. The topological polar surface area (TPSA) is 27.7 Å². The Hall–Kier alpha value is 0.967. The lowest BCUT2D eigenvalue weighted by Gasteiger charge is -2.07. The van der Waals surface area contributed by atoms with Gasteiger partial charge in [0.15, 0.2) is 0 Å². The third-order valence-electron chi connectivity index (χ3n) is 5.21. The minimum absolute atomic E-state index is 0.797. The van der Waals surface area contributed by atoms with E-state index >= 15 is 0 Å². The van der Waals surface area contributed by atoms with Crippen LogP contribution in [0.5, 0.6) is 0 Å².